The fourth-order valence-electron chi connectivity index (χ4n) is 3.92. The average Bonchev–Trinajstić information content (AvgIpc) is 3.37. The monoisotopic (exact) mass is 332 g/mol. The second-order valence-corrected chi connectivity index (χ2v) is 6.52. The summed E-state index contributed by atoms with van der Waals surface area (Å²) in [6.45, 7) is 0.818. The summed E-state index contributed by atoms with van der Waals surface area (Å²) in [5, 5.41) is 0. The number of hydrogen-bond donors (Lipinski definition) is 0. The number of hydrogen-bond acceptors (Lipinski definition) is 3. The molecule has 3 atom stereocenters. The van der Waals surface area contributed by atoms with E-state index in [1.54, 1.807) is 0 Å². The van der Waals surface area contributed by atoms with Gasteiger partial charge in [-0.3, -0.25) is 4.79 Å². The molecule has 3 unspecified atom stereocenters. The van der Waals surface area contributed by atoms with Crippen molar-refractivity contribution < 1.29 is 14.3 Å². The molecular formula is C22H20O3. The van der Waals surface area contributed by atoms with E-state index < -0.39 is 5.41 Å². The normalized spacial score (nSPS) is 26.7. The lowest BCUT2D eigenvalue weighted by atomic mass is 9.92. The van der Waals surface area contributed by atoms with E-state index in [1.807, 2.05) is 60.7 Å². The lowest BCUT2D eigenvalue weighted by Crippen LogP contribution is -2.29. The molecule has 1 saturated carbocycles. The zero-order chi connectivity index (χ0) is 17.1. The van der Waals surface area contributed by atoms with E-state index in [4.69, 9.17) is 9.47 Å². The molecule has 0 bridgehead atoms. The van der Waals surface area contributed by atoms with Gasteiger partial charge in [-0.2, -0.15) is 0 Å². The van der Waals surface area contributed by atoms with E-state index >= 15 is 0 Å². The number of ether oxygens (including phenoxy) is 2. The van der Waals surface area contributed by atoms with E-state index in [9.17, 15) is 4.79 Å². The molecule has 0 N–H and O–H groups in total. The minimum absolute atomic E-state index is 0.0572. The topological polar surface area (TPSA) is 35.5 Å². The summed E-state index contributed by atoms with van der Waals surface area (Å²) in [4.78, 5) is 12.9. The van der Waals surface area contributed by atoms with Gasteiger partial charge in [0.15, 0.2) is 6.61 Å². The molecule has 0 aromatic heterocycles. The van der Waals surface area contributed by atoms with Crippen LogP contribution in [0.1, 0.15) is 24.0 Å². The Kier molecular flexibility index (Phi) is 4.29. The average molecular weight is 332 g/mol. The van der Waals surface area contributed by atoms with Crippen molar-refractivity contribution >= 4 is 5.97 Å². The maximum absolute atomic E-state index is 12.9. The van der Waals surface area contributed by atoms with Crippen molar-refractivity contribution in [3.63, 3.8) is 0 Å². The Bertz CT molecular complexity index is 789. The van der Waals surface area contributed by atoms with Crippen molar-refractivity contribution in [2.45, 2.75) is 24.4 Å². The second kappa shape index (κ2) is 6.74. The Balaban J connectivity index is 1.50. The fraction of sp³-hybridized carbons (Fsp3) is 0.318. The van der Waals surface area contributed by atoms with Gasteiger partial charge >= 0.3 is 5.97 Å². The smallest absolute Gasteiger partial charge is 0.320 e. The van der Waals surface area contributed by atoms with Crippen LogP contribution in [0.3, 0.4) is 0 Å². The highest BCUT2D eigenvalue weighted by Gasteiger charge is 2.73. The zero-order valence-electron chi connectivity index (χ0n) is 14.0. The van der Waals surface area contributed by atoms with Gasteiger partial charge < -0.3 is 9.47 Å². The van der Waals surface area contributed by atoms with Crippen LogP contribution in [0.25, 0.3) is 0 Å². The summed E-state index contributed by atoms with van der Waals surface area (Å²) in [6, 6.07) is 19.6. The Labute approximate surface area is 148 Å². The lowest BCUT2D eigenvalue weighted by Gasteiger charge is -2.16. The molecule has 126 valence electrons. The van der Waals surface area contributed by atoms with Gasteiger partial charge in [-0.05, 0) is 30.5 Å². The van der Waals surface area contributed by atoms with Gasteiger partial charge in [0.2, 0.25) is 0 Å². The van der Waals surface area contributed by atoms with Crippen LogP contribution in [0.2, 0.25) is 0 Å². The summed E-state index contributed by atoms with van der Waals surface area (Å²) >= 11 is 0. The third-order valence-corrected chi connectivity index (χ3v) is 5.12. The van der Waals surface area contributed by atoms with Crippen LogP contribution in [0.5, 0.6) is 0 Å². The Morgan fingerprint density at radius 2 is 1.84 bits per heavy atom. The van der Waals surface area contributed by atoms with Crippen LogP contribution in [0.15, 0.2) is 60.7 Å². The predicted molar refractivity (Wildman–Crippen MR) is 94.9 cm³/mol. The molecule has 2 aromatic carbocycles. The molecule has 1 aliphatic carbocycles. The van der Waals surface area contributed by atoms with E-state index in [0.29, 0.717) is 0 Å². The number of benzene rings is 2. The van der Waals surface area contributed by atoms with E-state index in [-0.39, 0.29) is 24.6 Å². The van der Waals surface area contributed by atoms with E-state index in [1.165, 1.54) is 0 Å². The van der Waals surface area contributed by atoms with E-state index in [0.717, 1.165) is 30.6 Å². The molecule has 2 fully saturated rings. The van der Waals surface area contributed by atoms with Crippen LogP contribution in [-0.4, -0.2) is 25.3 Å². The quantitative estimate of drug-likeness (QED) is 0.639. The van der Waals surface area contributed by atoms with Crippen molar-refractivity contribution in [3.05, 3.63) is 71.8 Å². The number of fused-ring (bicyclic) bond motifs is 1. The highest BCUT2D eigenvalue weighted by molar-refractivity contribution is 5.89. The van der Waals surface area contributed by atoms with Crippen LogP contribution < -0.4 is 0 Å². The van der Waals surface area contributed by atoms with Crippen LogP contribution in [0.4, 0.5) is 0 Å². The first-order chi connectivity index (χ1) is 12.3. The first-order valence-electron chi connectivity index (χ1n) is 8.72. The number of carbonyl (C=O) groups excluding carboxylic acids is 1. The van der Waals surface area contributed by atoms with Gasteiger partial charge in [0, 0.05) is 18.1 Å². The van der Waals surface area contributed by atoms with Gasteiger partial charge in [-0.1, -0.05) is 60.4 Å². The summed E-state index contributed by atoms with van der Waals surface area (Å²) in [6.07, 6.45) is 1.94. The largest absolute Gasteiger partial charge is 0.452 e. The van der Waals surface area contributed by atoms with Crippen molar-refractivity contribution in [1.29, 1.82) is 0 Å². The Morgan fingerprint density at radius 3 is 2.52 bits per heavy atom. The van der Waals surface area contributed by atoms with Gasteiger partial charge in [0.25, 0.3) is 0 Å². The van der Waals surface area contributed by atoms with Gasteiger partial charge in [0.05, 0.1) is 6.10 Å². The van der Waals surface area contributed by atoms with Crippen LogP contribution in [0, 0.1) is 17.8 Å². The number of carbonyl (C=O) groups is 1. The molecule has 1 heterocycles. The summed E-state index contributed by atoms with van der Waals surface area (Å²) in [5.41, 5.74) is 1.26. The Hall–Kier alpha value is -2.57. The molecule has 1 saturated heterocycles. The van der Waals surface area contributed by atoms with E-state index in [2.05, 4.69) is 11.8 Å². The first-order valence-corrected chi connectivity index (χ1v) is 8.72. The molecular weight excluding hydrogens is 312 g/mol. The fourth-order valence-corrected chi connectivity index (χ4v) is 3.92. The third-order valence-electron chi connectivity index (χ3n) is 5.12. The summed E-state index contributed by atoms with van der Waals surface area (Å²) in [7, 11) is 0. The molecule has 1 aliphatic heterocycles. The second-order valence-electron chi connectivity index (χ2n) is 6.52. The van der Waals surface area contributed by atoms with Crippen molar-refractivity contribution in [3.8, 4) is 11.8 Å². The van der Waals surface area contributed by atoms with Crippen molar-refractivity contribution in [2.75, 3.05) is 13.2 Å². The number of rotatable bonds is 3. The van der Waals surface area contributed by atoms with Gasteiger partial charge in [-0.25, -0.2) is 0 Å². The zero-order valence-corrected chi connectivity index (χ0v) is 14.0. The van der Waals surface area contributed by atoms with Gasteiger partial charge in [0.1, 0.15) is 5.41 Å². The summed E-state index contributed by atoms with van der Waals surface area (Å²) < 4.78 is 11.4. The molecule has 3 heteroatoms. The molecule has 2 aromatic rings. The molecule has 2 aliphatic rings. The predicted octanol–water partition coefficient (Wildman–Crippen LogP) is 3.33. The van der Waals surface area contributed by atoms with Crippen LogP contribution in [-0.2, 0) is 19.7 Å². The molecule has 0 spiro atoms. The van der Waals surface area contributed by atoms with Gasteiger partial charge in [-0.15, -0.1) is 0 Å². The minimum Gasteiger partial charge on any atom is -0.452 e. The third kappa shape index (κ3) is 2.83. The highest BCUT2D eigenvalue weighted by atomic mass is 16.5. The van der Waals surface area contributed by atoms with Crippen molar-refractivity contribution in [2.24, 2.45) is 5.92 Å². The molecule has 4 rings (SSSR count). The van der Waals surface area contributed by atoms with Crippen molar-refractivity contribution in [1.82, 2.24) is 0 Å². The van der Waals surface area contributed by atoms with Crippen LogP contribution >= 0.6 is 0 Å². The minimum atomic E-state index is -0.647. The SMILES string of the molecule is O=C(OCC#Cc1ccccc1)C1(c2ccccc2)C2CCCOC21. The molecule has 0 amide bonds. The molecule has 0 radical (unpaired) electrons. The standard InChI is InChI=1S/C22H20O3/c23-21(25-16-7-11-17-9-3-1-4-10-17)22(18-12-5-2-6-13-18)19-14-8-15-24-20(19)22/h1-6,9-10,12-13,19-20H,8,14-16H2. The maximum Gasteiger partial charge on any atom is 0.320 e. The summed E-state index contributed by atoms with van der Waals surface area (Å²) in [5.74, 6) is 5.96. The highest BCUT2D eigenvalue weighted by Crippen LogP contribution is 2.60. The lowest BCUT2D eigenvalue weighted by molar-refractivity contribution is -0.146. The first kappa shape index (κ1) is 15.9. The molecule has 3 nitrogen and oxygen atoms in total. The number of esters is 1. The molecule has 25 heavy (non-hydrogen) atoms. The maximum atomic E-state index is 12.9. The Morgan fingerprint density at radius 1 is 1.12 bits per heavy atom.